The van der Waals surface area contributed by atoms with E-state index in [-0.39, 0.29) is 0 Å². The quantitative estimate of drug-likeness (QED) is 0.434. The first-order valence-electron chi connectivity index (χ1n) is 11.8. The Hall–Kier alpha value is -2.56. The Morgan fingerprint density at radius 1 is 0.906 bits per heavy atom. The van der Waals surface area contributed by atoms with Crippen molar-refractivity contribution in [2.75, 3.05) is 27.8 Å². The van der Waals surface area contributed by atoms with Crippen LogP contribution in [-0.4, -0.2) is 43.8 Å². The summed E-state index contributed by atoms with van der Waals surface area (Å²) in [7, 11) is 5.72. The summed E-state index contributed by atoms with van der Waals surface area (Å²) >= 11 is 0. The van der Waals surface area contributed by atoms with Crippen molar-refractivity contribution in [1.82, 2.24) is 9.80 Å². The maximum Gasteiger partial charge on any atom is 0.161 e. The Labute approximate surface area is 192 Å². The molecular weight excluding hydrogens is 396 g/mol. The minimum atomic E-state index is 0.373. The number of hydrogen-bond donors (Lipinski definition) is 0. The van der Waals surface area contributed by atoms with Crippen LogP contribution in [0.25, 0.3) is 10.8 Å². The fourth-order valence-electron chi connectivity index (χ4n) is 5.44. The molecule has 0 spiro atoms. The van der Waals surface area contributed by atoms with Gasteiger partial charge in [-0.25, -0.2) is 0 Å². The van der Waals surface area contributed by atoms with E-state index in [1.54, 1.807) is 14.2 Å². The second kappa shape index (κ2) is 9.93. The molecule has 32 heavy (non-hydrogen) atoms. The Kier molecular flexibility index (Phi) is 7.02. The maximum absolute atomic E-state index is 5.57. The van der Waals surface area contributed by atoms with Gasteiger partial charge in [-0.05, 0) is 65.9 Å². The molecule has 3 aromatic rings. The number of ether oxygens (including phenoxy) is 2. The average molecular weight is 433 g/mol. The lowest BCUT2D eigenvalue weighted by molar-refractivity contribution is 0.0176. The van der Waals surface area contributed by atoms with Gasteiger partial charge in [-0.3, -0.25) is 9.80 Å². The molecule has 0 fully saturated rings. The fourth-order valence-corrected chi connectivity index (χ4v) is 5.44. The summed E-state index contributed by atoms with van der Waals surface area (Å²) in [6, 6.07) is 20.2. The van der Waals surface area contributed by atoms with Gasteiger partial charge in [0.2, 0.25) is 0 Å². The Balaban J connectivity index is 1.62. The van der Waals surface area contributed by atoms with E-state index < -0.39 is 0 Å². The van der Waals surface area contributed by atoms with Crippen LogP contribution in [0.1, 0.15) is 49.4 Å². The molecule has 1 heterocycles. The van der Waals surface area contributed by atoms with Crippen LogP contribution in [0.4, 0.5) is 0 Å². The van der Waals surface area contributed by atoms with E-state index in [2.05, 4.69) is 85.3 Å². The molecule has 4 heteroatoms. The molecule has 1 aliphatic heterocycles. The largest absolute Gasteiger partial charge is 0.493 e. The van der Waals surface area contributed by atoms with Crippen LogP contribution in [0.15, 0.2) is 54.6 Å². The molecule has 0 saturated carbocycles. The monoisotopic (exact) mass is 432 g/mol. The molecule has 0 aromatic heterocycles. The molecule has 1 aliphatic rings. The van der Waals surface area contributed by atoms with Gasteiger partial charge in [0.15, 0.2) is 11.5 Å². The standard InChI is InChI=1S/C28H36N2O2/c1-6-25(24-14-10-12-20-11-8-9-13-23(20)24)29(3)28(7-2)30-16-15-21-17-26(31-4)27(32-5)18-22(21)19-30/h8-14,17-18,25,28H,6-7,15-16,19H2,1-5H3. The molecule has 4 rings (SSSR count). The minimum absolute atomic E-state index is 0.373. The fraction of sp³-hybridized carbons (Fsp3) is 0.429. The lowest BCUT2D eigenvalue weighted by Gasteiger charge is -2.43. The van der Waals surface area contributed by atoms with E-state index in [0.29, 0.717) is 12.2 Å². The molecule has 0 N–H and O–H groups in total. The summed E-state index contributed by atoms with van der Waals surface area (Å²) < 4.78 is 11.1. The lowest BCUT2D eigenvalue weighted by atomic mass is 9.94. The third-order valence-corrected chi connectivity index (χ3v) is 7.07. The zero-order chi connectivity index (χ0) is 22.7. The van der Waals surface area contributed by atoms with Gasteiger partial charge in [-0.15, -0.1) is 0 Å². The Bertz CT molecular complexity index is 1060. The van der Waals surface area contributed by atoms with Crippen molar-refractivity contribution in [2.45, 2.75) is 51.9 Å². The van der Waals surface area contributed by atoms with E-state index >= 15 is 0 Å². The predicted molar refractivity (Wildman–Crippen MR) is 132 cm³/mol. The van der Waals surface area contributed by atoms with Crippen LogP contribution in [-0.2, 0) is 13.0 Å². The van der Waals surface area contributed by atoms with Crippen LogP contribution in [0, 0.1) is 0 Å². The molecule has 4 nitrogen and oxygen atoms in total. The number of fused-ring (bicyclic) bond motifs is 2. The van der Waals surface area contributed by atoms with E-state index in [1.807, 2.05) is 0 Å². The highest BCUT2D eigenvalue weighted by atomic mass is 16.5. The summed E-state index contributed by atoms with van der Waals surface area (Å²) in [5, 5.41) is 2.68. The summed E-state index contributed by atoms with van der Waals surface area (Å²) in [4.78, 5) is 5.22. The van der Waals surface area contributed by atoms with Gasteiger partial charge in [-0.2, -0.15) is 0 Å². The van der Waals surface area contributed by atoms with Crippen LogP contribution < -0.4 is 9.47 Å². The first kappa shape index (κ1) is 22.6. The summed E-state index contributed by atoms with van der Waals surface area (Å²) in [5.41, 5.74) is 4.15. The van der Waals surface area contributed by atoms with Gasteiger partial charge in [0.1, 0.15) is 0 Å². The summed E-state index contributed by atoms with van der Waals surface area (Å²) in [6.07, 6.45) is 3.57. The Morgan fingerprint density at radius 2 is 1.59 bits per heavy atom. The number of hydrogen-bond acceptors (Lipinski definition) is 4. The summed E-state index contributed by atoms with van der Waals surface area (Å²) in [6.45, 7) is 6.60. The number of rotatable bonds is 8. The predicted octanol–water partition coefficient (Wildman–Crippen LogP) is 6.03. The average Bonchev–Trinajstić information content (AvgIpc) is 2.84. The molecular formula is C28H36N2O2. The van der Waals surface area contributed by atoms with Crippen LogP contribution in [0.2, 0.25) is 0 Å². The van der Waals surface area contributed by atoms with E-state index in [1.165, 1.54) is 27.5 Å². The van der Waals surface area contributed by atoms with E-state index in [9.17, 15) is 0 Å². The van der Waals surface area contributed by atoms with Crippen molar-refractivity contribution < 1.29 is 9.47 Å². The zero-order valence-electron chi connectivity index (χ0n) is 20.1. The molecule has 0 saturated heterocycles. The van der Waals surface area contributed by atoms with Gasteiger partial charge in [-0.1, -0.05) is 56.3 Å². The highest BCUT2D eigenvalue weighted by Crippen LogP contribution is 2.36. The Morgan fingerprint density at radius 3 is 2.28 bits per heavy atom. The van der Waals surface area contributed by atoms with Gasteiger partial charge >= 0.3 is 0 Å². The molecule has 3 aromatic carbocycles. The van der Waals surface area contributed by atoms with Crippen molar-refractivity contribution >= 4 is 10.8 Å². The minimum Gasteiger partial charge on any atom is -0.493 e. The summed E-state index contributed by atoms with van der Waals surface area (Å²) in [5.74, 6) is 1.64. The van der Waals surface area contributed by atoms with Crippen LogP contribution in [0.5, 0.6) is 11.5 Å². The third-order valence-electron chi connectivity index (χ3n) is 7.07. The van der Waals surface area contributed by atoms with Crippen LogP contribution >= 0.6 is 0 Å². The highest BCUT2D eigenvalue weighted by Gasteiger charge is 2.30. The molecule has 2 atom stereocenters. The van der Waals surface area contributed by atoms with Crippen molar-refractivity contribution in [3.8, 4) is 11.5 Å². The van der Waals surface area contributed by atoms with Gasteiger partial charge in [0.25, 0.3) is 0 Å². The third kappa shape index (κ3) is 4.22. The first-order valence-corrected chi connectivity index (χ1v) is 11.8. The SMILES string of the molecule is CCC(c1cccc2ccccc12)N(C)C(CC)N1CCc2cc(OC)c(OC)cc2C1. The van der Waals surface area contributed by atoms with E-state index in [0.717, 1.165) is 43.9 Å². The van der Waals surface area contributed by atoms with Crippen molar-refractivity contribution in [2.24, 2.45) is 0 Å². The van der Waals surface area contributed by atoms with Gasteiger partial charge in [0, 0.05) is 19.1 Å². The lowest BCUT2D eigenvalue weighted by Crippen LogP contribution is -2.49. The molecule has 0 amide bonds. The molecule has 0 bridgehead atoms. The normalized spacial score (nSPS) is 16.1. The maximum atomic E-state index is 5.57. The second-order valence-electron chi connectivity index (χ2n) is 8.74. The number of methoxy groups -OCH3 is 2. The van der Waals surface area contributed by atoms with Crippen molar-refractivity contribution in [3.63, 3.8) is 0 Å². The highest BCUT2D eigenvalue weighted by molar-refractivity contribution is 5.86. The van der Waals surface area contributed by atoms with Crippen molar-refractivity contribution in [3.05, 3.63) is 71.3 Å². The molecule has 0 aliphatic carbocycles. The van der Waals surface area contributed by atoms with Crippen molar-refractivity contribution in [1.29, 1.82) is 0 Å². The smallest absolute Gasteiger partial charge is 0.161 e. The first-order chi connectivity index (χ1) is 15.6. The number of benzene rings is 3. The molecule has 170 valence electrons. The van der Waals surface area contributed by atoms with Gasteiger partial charge in [0.05, 0.1) is 20.4 Å². The second-order valence-corrected chi connectivity index (χ2v) is 8.74. The topological polar surface area (TPSA) is 24.9 Å². The van der Waals surface area contributed by atoms with Gasteiger partial charge < -0.3 is 9.47 Å². The molecule has 2 unspecified atom stereocenters. The van der Waals surface area contributed by atoms with E-state index in [4.69, 9.17) is 9.47 Å². The molecule has 0 radical (unpaired) electrons. The zero-order valence-corrected chi connectivity index (χ0v) is 20.1. The number of nitrogens with zero attached hydrogens (tertiary/aromatic N) is 2. The van der Waals surface area contributed by atoms with Crippen LogP contribution in [0.3, 0.4) is 0 Å².